The van der Waals surface area contributed by atoms with Crippen LogP contribution in [0, 0.1) is 0 Å². The lowest BCUT2D eigenvalue weighted by atomic mass is 9.97. The number of carboxylic acids is 1. The minimum absolute atomic E-state index is 0.280. The maximum atomic E-state index is 11.8. The van der Waals surface area contributed by atoms with Gasteiger partial charge in [-0.1, -0.05) is 54.6 Å². The molecule has 0 bridgehead atoms. The van der Waals surface area contributed by atoms with Crippen molar-refractivity contribution < 1.29 is 14.5 Å². The molecular weight excluding hydrogens is 396 g/mol. The smallest absolute Gasteiger partial charge is 0.336 e. The number of hydrogen-bond donors (Lipinski definition) is 1. The maximum absolute atomic E-state index is 11.8. The summed E-state index contributed by atoms with van der Waals surface area (Å²) in [5.41, 5.74) is 6.14. The van der Waals surface area contributed by atoms with Gasteiger partial charge in [-0.2, -0.15) is 0 Å². The highest BCUT2D eigenvalue weighted by atomic mass is 16.4. The molecule has 0 heterocycles. The highest BCUT2D eigenvalue weighted by molar-refractivity contribution is 6.02. The van der Waals surface area contributed by atoms with Crippen LogP contribution in [-0.2, 0) is 0 Å². The first-order chi connectivity index (χ1) is 15.3. The third-order valence-corrected chi connectivity index (χ3v) is 5.20. The quantitative estimate of drug-likeness (QED) is 0.504. The molecule has 3 rings (SSSR count). The Morgan fingerprint density at radius 2 is 1.53 bits per heavy atom. The summed E-state index contributed by atoms with van der Waals surface area (Å²) >= 11 is 0. The molecule has 0 saturated heterocycles. The molecule has 1 aliphatic rings. The van der Waals surface area contributed by atoms with Crippen molar-refractivity contribution in [1.29, 1.82) is 0 Å². The molecule has 0 radical (unpaired) electrons. The van der Waals surface area contributed by atoms with Gasteiger partial charge in [0.2, 0.25) is 0 Å². The van der Waals surface area contributed by atoms with Crippen molar-refractivity contribution in [1.82, 2.24) is 0 Å². The average Bonchev–Trinajstić information content (AvgIpc) is 2.79. The molecule has 0 aliphatic heterocycles. The third-order valence-electron chi connectivity index (χ3n) is 5.20. The van der Waals surface area contributed by atoms with Gasteiger partial charge in [0.25, 0.3) is 0 Å². The van der Waals surface area contributed by atoms with E-state index >= 15 is 0 Å². The number of aromatic carboxylic acids is 1. The lowest BCUT2D eigenvalue weighted by molar-refractivity contribution is -0.462. The monoisotopic (exact) mass is 425 g/mol. The Kier molecular flexibility index (Phi) is 7.40. The van der Waals surface area contributed by atoms with Gasteiger partial charge in [0.1, 0.15) is 14.1 Å². The van der Waals surface area contributed by atoms with Gasteiger partial charge in [-0.05, 0) is 52.6 Å². The van der Waals surface area contributed by atoms with Crippen LogP contribution in [0.1, 0.15) is 21.5 Å². The SMILES string of the molecule is CN(C)c1ccc(/C=C/C(=C/C=C2C=CC(=[N+](C)C)C=C2)c2ccccc2C(=O)O)cc1. The van der Waals surface area contributed by atoms with Crippen LogP contribution in [0.25, 0.3) is 11.6 Å². The molecule has 4 nitrogen and oxygen atoms in total. The molecule has 4 heteroatoms. The van der Waals surface area contributed by atoms with Gasteiger partial charge in [0.15, 0.2) is 5.71 Å². The summed E-state index contributed by atoms with van der Waals surface area (Å²) in [6.07, 6.45) is 16.2. The number of carbonyl (C=O) groups is 1. The number of benzene rings is 2. The Balaban J connectivity index is 1.99. The predicted molar refractivity (Wildman–Crippen MR) is 135 cm³/mol. The van der Waals surface area contributed by atoms with Crippen molar-refractivity contribution in [3.8, 4) is 0 Å². The lowest BCUT2D eigenvalue weighted by Gasteiger charge is -2.12. The zero-order chi connectivity index (χ0) is 23.1. The Labute approximate surface area is 190 Å². The maximum Gasteiger partial charge on any atom is 0.336 e. The first kappa shape index (κ1) is 22.8. The molecule has 0 aromatic heterocycles. The third kappa shape index (κ3) is 5.82. The molecule has 162 valence electrons. The van der Waals surface area contributed by atoms with Gasteiger partial charge in [0, 0.05) is 31.9 Å². The number of anilines is 1. The first-order valence-corrected chi connectivity index (χ1v) is 10.5. The molecule has 1 N–H and O–H groups in total. The largest absolute Gasteiger partial charge is 0.478 e. The standard InChI is InChI=1S/C28H28N2O2/c1-29(2)24-17-11-21(12-18-24)9-15-23(26-7-5-6-8-27(26)28(31)32)16-10-22-13-19-25(20-14-22)30(3)4/h5-20H,1-4H3/p+1. The predicted octanol–water partition coefficient (Wildman–Crippen LogP) is 5.31. The first-order valence-electron chi connectivity index (χ1n) is 10.5. The fraction of sp³-hybridized carbons (Fsp3) is 0.143. The summed E-state index contributed by atoms with van der Waals surface area (Å²) in [7, 11) is 8.04. The zero-order valence-electron chi connectivity index (χ0n) is 19.0. The second-order valence-corrected chi connectivity index (χ2v) is 7.94. The minimum atomic E-state index is -0.939. The molecule has 0 fully saturated rings. The Hall–Kier alpha value is -3.92. The van der Waals surface area contributed by atoms with Crippen LogP contribution >= 0.6 is 0 Å². The van der Waals surface area contributed by atoms with E-state index in [4.69, 9.17) is 0 Å². The molecule has 0 amide bonds. The minimum Gasteiger partial charge on any atom is -0.478 e. The lowest BCUT2D eigenvalue weighted by Crippen LogP contribution is -2.09. The Morgan fingerprint density at radius 3 is 2.09 bits per heavy atom. The van der Waals surface area contributed by atoms with Gasteiger partial charge >= 0.3 is 5.97 Å². The Bertz CT molecular complexity index is 1150. The molecule has 2 aromatic carbocycles. The van der Waals surface area contributed by atoms with Crippen molar-refractivity contribution in [3.63, 3.8) is 0 Å². The molecular formula is C28H29N2O2+. The second kappa shape index (κ2) is 10.4. The van der Waals surface area contributed by atoms with E-state index in [0.29, 0.717) is 5.56 Å². The topological polar surface area (TPSA) is 43.5 Å². The molecule has 0 saturated carbocycles. The fourth-order valence-electron chi connectivity index (χ4n) is 3.30. The van der Waals surface area contributed by atoms with E-state index in [9.17, 15) is 9.90 Å². The second-order valence-electron chi connectivity index (χ2n) is 7.94. The van der Waals surface area contributed by atoms with Gasteiger partial charge < -0.3 is 10.0 Å². The number of nitrogens with zero attached hydrogens (tertiary/aromatic N) is 2. The van der Waals surface area contributed by atoms with Crippen molar-refractivity contribution in [2.45, 2.75) is 0 Å². The van der Waals surface area contributed by atoms with E-state index in [1.807, 2.05) is 64.6 Å². The van der Waals surface area contributed by atoms with Crippen molar-refractivity contribution in [3.05, 3.63) is 113 Å². The van der Waals surface area contributed by atoms with Crippen LogP contribution in [0.4, 0.5) is 5.69 Å². The average molecular weight is 426 g/mol. The molecule has 32 heavy (non-hydrogen) atoms. The van der Waals surface area contributed by atoms with Crippen molar-refractivity contribution >= 4 is 29.0 Å². The molecule has 0 atom stereocenters. The van der Waals surface area contributed by atoms with Gasteiger partial charge in [-0.3, -0.25) is 0 Å². The van der Waals surface area contributed by atoms with E-state index in [0.717, 1.165) is 28.1 Å². The van der Waals surface area contributed by atoms with E-state index in [-0.39, 0.29) is 5.56 Å². The molecule has 2 aromatic rings. The van der Waals surface area contributed by atoms with Crippen LogP contribution in [-0.4, -0.2) is 49.6 Å². The number of hydrogen-bond acceptors (Lipinski definition) is 2. The Morgan fingerprint density at radius 1 is 0.906 bits per heavy atom. The number of rotatable bonds is 6. The van der Waals surface area contributed by atoms with Crippen LogP contribution in [0.15, 0.2) is 96.6 Å². The molecule has 0 unspecified atom stereocenters. The summed E-state index contributed by atoms with van der Waals surface area (Å²) in [5, 5.41) is 9.68. The van der Waals surface area contributed by atoms with E-state index in [1.54, 1.807) is 12.1 Å². The zero-order valence-corrected chi connectivity index (χ0v) is 19.0. The van der Waals surface area contributed by atoms with E-state index < -0.39 is 5.97 Å². The summed E-state index contributed by atoms with van der Waals surface area (Å²) in [6, 6.07) is 15.3. The number of carboxylic acid groups (broad SMARTS) is 1. The van der Waals surface area contributed by atoms with E-state index in [1.165, 1.54) is 0 Å². The highest BCUT2D eigenvalue weighted by Crippen LogP contribution is 2.23. The summed E-state index contributed by atoms with van der Waals surface area (Å²) in [6.45, 7) is 0. The van der Waals surface area contributed by atoms with Crippen LogP contribution < -0.4 is 4.90 Å². The normalized spacial score (nSPS) is 13.6. The van der Waals surface area contributed by atoms with Gasteiger partial charge in [0.05, 0.1) is 5.56 Å². The van der Waals surface area contributed by atoms with Crippen LogP contribution in [0.5, 0.6) is 0 Å². The van der Waals surface area contributed by atoms with Crippen LogP contribution in [0.2, 0.25) is 0 Å². The van der Waals surface area contributed by atoms with E-state index in [2.05, 4.69) is 58.0 Å². The van der Waals surface area contributed by atoms with Gasteiger partial charge in [-0.25, -0.2) is 9.37 Å². The van der Waals surface area contributed by atoms with Crippen molar-refractivity contribution in [2.24, 2.45) is 0 Å². The van der Waals surface area contributed by atoms with Gasteiger partial charge in [-0.15, -0.1) is 0 Å². The molecule has 0 spiro atoms. The highest BCUT2D eigenvalue weighted by Gasteiger charge is 2.11. The fourth-order valence-corrected chi connectivity index (χ4v) is 3.30. The molecule has 1 aliphatic carbocycles. The summed E-state index contributed by atoms with van der Waals surface area (Å²) in [5.74, 6) is -0.939. The summed E-state index contributed by atoms with van der Waals surface area (Å²) in [4.78, 5) is 13.9. The summed E-state index contributed by atoms with van der Waals surface area (Å²) < 4.78 is 2.05. The van der Waals surface area contributed by atoms with Crippen LogP contribution in [0.3, 0.4) is 0 Å². The number of allylic oxidation sites excluding steroid dienone is 9. The van der Waals surface area contributed by atoms with Crippen molar-refractivity contribution in [2.75, 3.05) is 33.1 Å².